The molecule has 0 amide bonds. The van der Waals surface area contributed by atoms with E-state index in [4.69, 9.17) is 0 Å². The Balaban J connectivity index is 1.73. The van der Waals surface area contributed by atoms with E-state index in [0.29, 0.717) is 0 Å². The maximum atomic E-state index is 3.77. The van der Waals surface area contributed by atoms with Crippen LogP contribution in [-0.2, 0) is 0 Å². The van der Waals surface area contributed by atoms with Crippen LogP contribution < -0.4 is 0 Å². The van der Waals surface area contributed by atoms with Crippen molar-refractivity contribution in [1.29, 1.82) is 0 Å². The second-order valence-corrected chi connectivity index (χ2v) is 7.01. The summed E-state index contributed by atoms with van der Waals surface area (Å²) in [6.45, 7) is 2.39. The quantitative estimate of drug-likeness (QED) is 0.558. The van der Waals surface area contributed by atoms with Crippen LogP contribution in [0.25, 0.3) is 0 Å². The summed E-state index contributed by atoms with van der Waals surface area (Å²) in [5.41, 5.74) is 0. The minimum Gasteiger partial charge on any atom is -0.126 e. The van der Waals surface area contributed by atoms with Gasteiger partial charge in [0.1, 0.15) is 0 Å². The fraction of sp³-hybridized carbons (Fsp3) is 0.571. The average molecular weight is 299 g/mol. The lowest BCUT2D eigenvalue weighted by Gasteiger charge is -2.16. The highest BCUT2D eigenvalue weighted by atomic mass is 79.9. The SMILES string of the molecule is CC1C(Br)CCC1CCSc1ccccc1. The average Bonchev–Trinajstić information content (AvgIpc) is 2.62. The van der Waals surface area contributed by atoms with E-state index < -0.39 is 0 Å². The number of hydrogen-bond acceptors (Lipinski definition) is 1. The van der Waals surface area contributed by atoms with Crippen molar-refractivity contribution >= 4 is 27.7 Å². The summed E-state index contributed by atoms with van der Waals surface area (Å²) >= 11 is 5.77. The first kappa shape index (κ1) is 12.5. The molecule has 0 N–H and O–H groups in total. The first-order chi connectivity index (χ1) is 7.77. The van der Waals surface area contributed by atoms with E-state index in [0.717, 1.165) is 16.7 Å². The van der Waals surface area contributed by atoms with Crippen LogP contribution in [0.5, 0.6) is 0 Å². The number of thioether (sulfide) groups is 1. The van der Waals surface area contributed by atoms with Crippen LogP contribution in [0.3, 0.4) is 0 Å². The molecule has 2 rings (SSSR count). The molecule has 1 saturated carbocycles. The summed E-state index contributed by atoms with van der Waals surface area (Å²) in [7, 11) is 0. The predicted molar refractivity (Wildman–Crippen MR) is 76.4 cm³/mol. The minimum absolute atomic E-state index is 0.763. The molecular weight excluding hydrogens is 280 g/mol. The van der Waals surface area contributed by atoms with Crippen molar-refractivity contribution in [3.05, 3.63) is 30.3 Å². The van der Waals surface area contributed by atoms with Crippen molar-refractivity contribution in [3.63, 3.8) is 0 Å². The first-order valence-electron chi connectivity index (χ1n) is 6.09. The maximum Gasteiger partial charge on any atom is 0.0174 e. The van der Waals surface area contributed by atoms with Gasteiger partial charge in [-0.2, -0.15) is 0 Å². The molecule has 0 aliphatic heterocycles. The molecule has 0 nitrogen and oxygen atoms in total. The van der Waals surface area contributed by atoms with Crippen molar-refractivity contribution in [2.45, 2.75) is 35.9 Å². The van der Waals surface area contributed by atoms with Gasteiger partial charge in [-0.1, -0.05) is 41.1 Å². The van der Waals surface area contributed by atoms with E-state index >= 15 is 0 Å². The van der Waals surface area contributed by atoms with Crippen molar-refractivity contribution < 1.29 is 0 Å². The van der Waals surface area contributed by atoms with Gasteiger partial charge in [-0.15, -0.1) is 11.8 Å². The van der Waals surface area contributed by atoms with Gasteiger partial charge in [0, 0.05) is 9.72 Å². The van der Waals surface area contributed by atoms with Gasteiger partial charge in [-0.05, 0) is 49.0 Å². The predicted octanol–water partition coefficient (Wildman–Crippen LogP) is 4.98. The standard InChI is InChI=1S/C14H19BrS/c1-11-12(7-8-14(11)15)9-10-16-13-5-3-2-4-6-13/h2-6,11-12,14H,7-10H2,1H3. The molecule has 88 valence electrons. The van der Waals surface area contributed by atoms with Crippen LogP contribution in [0.2, 0.25) is 0 Å². The molecule has 1 aromatic carbocycles. The fourth-order valence-electron chi connectivity index (χ4n) is 2.45. The van der Waals surface area contributed by atoms with E-state index in [1.165, 1.54) is 29.9 Å². The third-order valence-electron chi connectivity index (χ3n) is 3.63. The van der Waals surface area contributed by atoms with Gasteiger partial charge in [0.25, 0.3) is 0 Å². The van der Waals surface area contributed by atoms with Crippen LogP contribution in [0.1, 0.15) is 26.2 Å². The topological polar surface area (TPSA) is 0 Å². The Morgan fingerprint density at radius 2 is 2.00 bits per heavy atom. The molecule has 16 heavy (non-hydrogen) atoms. The van der Waals surface area contributed by atoms with Gasteiger partial charge in [0.05, 0.1) is 0 Å². The highest BCUT2D eigenvalue weighted by Crippen LogP contribution is 2.39. The number of benzene rings is 1. The molecule has 0 radical (unpaired) electrons. The molecule has 2 heteroatoms. The normalized spacial score (nSPS) is 29.5. The molecule has 0 spiro atoms. The van der Waals surface area contributed by atoms with Gasteiger partial charge in [0.2, 0.25) is 0 Å². The zero-order valence-corrected chi connectivity index (χ0v) is 12.1. The second kappa shape index (κ2) is 6.11. The Kier molecular flexibility index (Phi) is 4.78. The zero-order chi connectivity index (χ0) is 11.4. The fourth-order valence-corrected chi connectivity index (χ4v) is 4.15. The Morgan fingerprint density at radius 1 is 1.25 bits per heavy atom. The molecule has 1 fully saturated rings. The summed E-state index contributed by atoms with van der Waals surface area (Å²) < 4.78 is 0. The van der Waals surface area contributed by atoms with Gasteiger partial charge >= 0.3 is 0 Å². The molecule has 0 heterocycles. The van der Waals surface area contributed by atoms with E-state index in [-0.39, 0.29) is 0 Å². The molecule has 1 aliphatic carbocycles. The number of rotatable bonds is 4. The molecule has 3 atom stereocenters. The van der Waals surface area contributed by atoms with E-state index in [1.54, 1.807) is 0 Å². The van der Waals surface area contributed by atoms with E-state index in [2.05, 4.69) is 53.2 Å². The Bertz CT molecular complexity index is 312. The van der Waals surface area contributed by atoms with Crippen molar-refractivity contribution in [1.82, 2.24) is 0 Å². The van der Waals surface area contributed by atoms with Crippen LogP contribution >= 0.6 is 27.7 Å². The van der Waals surface area contributed by atoms with Gasteiger partial charge < -0.3 is 0 Å². The summed E-state index contributed by atoms with van der Waals surface area (Å²) in [6, 6.07) is 10.7. The first-order valence-corrected chi connectivity index (χ1v) is 7.99. The molecule has 1 aliphatic rings. The lowest BCUT2D eigenvalue weighted by molar-refractivity contribution is 0.416. The third-order valence-corrected chi connectivity index (χ3v) is 5.96. The molecule has 0 aromatic heterocycles. The summed E-state index contributed by atoms with van der Waals surface area (Å²) in [6.07, 6.45) is 4.14. The van der Waals surface area contributed by atoms with Crippen molar-refractivity contribution in [3.8, 4) is 0 Å². The van der Waals surface area contributed by atoms with Gasteiger partial charge in [0.15, 0.2) is 0 Å². The minimum atomic E-state index is 0.763. The summed E-state index contributed by atoms with van der Waals surface area (Å²) in [4.78, 5) is 2.17. The summed E-state index contributed by atoms with van der Waals surface area (Å²) in [5, 5.41) is 0. The van der Waals surface area contributed by atoms with Crippen LogP contribution in [-0.4, -0.2) is 10.6 Å². The smallest absolute Gasteiger partial charge is 0.0174 e. The third kappa shape index (κ3) is 3.27. The van der Waals surface area contributed by atoms with Crippen LogP contribution in [0, 0.1) is 11.8 Å². The summed E-state index contributed by atoms with van der Waals surface area (Å²) in [5.74, 6) is 3.05. The Hall–Kier alpha value is 0.0500. The van der Waals surface area contributed by atoms with Crippen molar-refractivity contribution in [2.24, 2.45) is 11.8 Å². The highest BCUT2D eigenvalue weighted by molar-refractivity contribution is 9.09. The number of hydrogen-bond donors (Lipinski definition) is 0. The molecule has 1 aromatic rings. The Labute approximate surface area is 111 Å². The van der Waals surface area contributed by atoms with E-state index in [9.17, 15) is 0 Å². The second-order valence-electron chi connectivity index (χ2n) is 4.66. The van der Waals surface area contributed by atoms with Crippen LogP contribution in [0.15, 0.2) is 35.2 Å². The lowest BCUT2D eigenvalue weighted by Crippen LogP contribution is -2.11. The van der Waals surface area contributed by atoms with Crippen LogP contribution in [0.4, 0.5) is 0 Å². The molecule has 0 bridgehead atoms. The van der Waals surface area contributed by atoms with E-state index in [1.807, 2.05) is 11.8 Å². The molecular formula is C14H19BrS. The lowest BCUT2D eigenvalue weighted by atomic mass is 9.96. The molecule has 3 unspecified atom stereocenters. The van der Waals surface area contributed by atoms with Crippen molar-refractivity contribution in [2.75, 3.05) is 5.75 Å². The molecule has 0 saturated heterocycles. The Morgan fingerprint density at radius 3 is 2.62 bits per heavy atom. The maximum absolute atomic E-state index is 3.77. The van der Waals surface area contributed by atoms with Gasteiger partial charge in [-0.25, -0.2) is 0 Å². The monoisotopic (exact) mass is 298 g/mol. The van der Waals surface area contributed by atoms with Gasteiger partial charge in [-0.3, -0.25) is 0 Å². The number of alkyl halides is 1. The largest absolute Gasteiger partial charge is 0.126 e. The number of halogens is 1. The highest BCUT2D eigenvalue weighted by Gasteiger charge is 2.30. The zero-order valence-electron chi connectivity index (χ0n) is 9.73.